The van der Waals surface area contributed by atoms with E-state index in [0.29, 0.717) is 37.6 Å². The Kier molecular flexibility index (Phi) is 6.58. The van der Waals surface area contributed by atoms with Gasteiger partial charge in [0.25, 0.3) is 5.91 Å². The molecule has 184 valence electrons. The Morgan fingerprint density at radius 1 is 0.944 bits per heavy atom. The molecule has 2 amide bonds. The Bertz CT molecular complexity index is 1320. The van der Waals surface area contributed by atoms with Crippen LogP contribution in [0.15, 0.2) is 78.6 Å². The second-order valence-corrected chi connectivity index (χ2v) is 8.53. The number of benzene rings is 3. The van der Waals surface area contributed by atoms with Crippen LogP contribution in [0.2, 0.25) is 0 Å². The predicted octanol–water partition coefficient (Wildman–Crippen LogP) is 3.95. The average molecular weight is 488 g/mol. The van der Waals surface area contributed by atoms with Gasteiger partial charge in [-0.1, -0.05) is 42.5 Å². The number of anilines is 2. The minimum absolute atomic E-state index is 0.0346. The maximum absolute atomic E-state index is 14.2. The van der Waals surface area contributed by atoms with Crippen LogP contribution in [0, 0.1) is 5.82 Å². The van der Waals surface area contributed by atoms with Gasteiger partial charge < -0.3 is 19.3 Å². The summed E-state index contributed by atoms with van der Waals surface area (Å²) in [5, 5.41) is 0. The van der Waals surface area contributed by atoms with Crippen molar-refractivity contribution >= 4 is 29.3 Å². The van der Waals surface area contributed by atoms with Gasteiger partial charge in [0.2, 0.25) is 5.91 Å². The Balaban J connectivity index is 1.32. The van der Waals surface area contributed by atoms with Crippen LogP contribution in [0.1, 0.15) is 5.56 Å². The lowest BCUT2D eigenvalue weighted by atomic mass is 10.1. The Hall–Kier alpha value is -4.33. The first-order valence-electron chi connectivity index (χ1n) is 11.8. The lowest BCUT2D eigenvalue weighted by Crippen LogP contribution is -2.52. The van der Waals surface area contributed by atoms with E-state index in [1.54, 1.807) is 54.5 Å². The highest BCUT2D eigenvalue weighted by Crippen LogP contribution is 2.36. The fraction of sp³-hybridized carbons (Fsp3) is 0.214. The van der Waals surface area contributed by atoms with Crippen molar-refractivity contribution in [3.05, 3.63) is 89.9 Å². The molecule has 0 spiro atoms. The van der Waals surface area contributed by atoms with Gasteiger partial charge in [-0.25, -0.2) is 4.39 Å². The summed E-state index contributed by atoms with van der Waals surface area (Å²) in [5.74, 6) is 0.0850. The highest BCUT2D eigenvalue weighted by atomic mass is 19.1. The second-order valence-electron chi connectivity index (χ2n) is 8.53. The van der Waals surface area contributed by atoms with Gasteiger partial charge in [-0.2, -0.15) is 0 Å². The number of piperazine rings is 1. The van der Waals surface area contributed by atoms with Crippen LogP contribution in [0.25, 0.3) is 6.08 Å². The van der Waals surface area contributed by atoms with Crippen LogP contribution in [0.4, 0.5) is 15.8 Å². The van der Waals surface area contributed by atoms with E-state index in [4.69, 9.17) is 9.47 Å². The topological polar surface area (TPSA) is 62.3 Å². The van der Waals surface area contributed by atoms with Gasteiger partial charge in [0.1, 0.15) is 18.1 Å². The third-order valence-corrected chi connectivity index (χ3v) is 6.38. The van der Waals surface area contributed by atoms with Crippen LogP contribution in [-0.2, 0) is 9.59 Å². The molecule has 36 heavy (non-hydrogen) atoms. The first-order chi connectivity index (χ1) is 17.5. The second kappa shape index (κ2) is 10.1. The Morgan fingerprint density at radius 2 is 1.61 bits per heavy atom. The monoisotopic (exact) mass is 487 g/mol. The molecule has 5 rings (SSSR count). The van der Waals surface area contributed by atoms with Gasteiger partial charge in [0.15, 0.2) is 11.5 Å². The fourth-order valence-electron chi connectivity index (χ4n) is 4.48. The number of fused-ring (bicyclic) bond motifs is 1. The summed E-state index contributed by atoms with van der Waals surface area (Å²) in [6.07, 6.45) is 1.37. The minimum atomic E-state index is -0.488. The summed E-state index contributed by atoms with van der Waals surface area (Å²) in [6, 6.07) is 21.0. The molecule has 7 nitrogen and oxygen atoms in total. The van der Waals surface area contributed by atoms with Crippen molar-refractivity contribution in [2.24, 2.45) is 0 Å². The summed E-state index contributed by atoms with van der Waals surface area (Å²) < 4.78 is 25.5. The molecule has 0 unspecified atom stereocenters. The van der Waals surface area contributed by atoms with Crippen molar-refractivity contribution in [3.63, 3.8) is 0 Å². The molecule has 0 atom stereocenters. The van der Waals surface area contributed by atoms with E-state index in [0.717, 1.165) is 11.4 Å². The molecule has 0 aliphatic carbocycles. The highest BCUT2D eigenvalue weighted by molar-refractivity contribution is 6.12. The van der Waals surface area contributed by atoms with Gasteiger partial charge in [0.05, 0.1) is 18.5 Å². The number of rotatable bonds is 5. The number of hydrogen-bond acceptors (Lipinski definition) is 5. The zero-order chi connectivity index (χ0) is 25.1. The Morgan fingerprint density at radius 3 is 2.36 bits per heavy atom. The molecule has 0 saturated carbocycles. The number of halogens is 1. The maximum Gasteiger partial charge on any atom is 0.294 e. The minimum Gasteiger partial charge on any atom is -0.495 e. The van der Waals surface area contributed by atoms with E-state index in [-0.39, 0.29) is 23.8 Å². The van der Waals surface area contributed by atoms with Crippen LogP contribution < -0.4 is 19.3 Å². The zero-order valence-corrected chi connectivity index (χ0v) is 19.9. The molecule has 1 fully saturated rings. The van der Waals surface area contributed by atoms with E-state index >= 15 is 0 Å². The SMILES string of the molecule is COc1ccccc1N1CCN(C(=O)CN2C(=O)/C(=C\c3ccccc3F)Oc3ccccc32)CC1. The summed E-state index contributed by atoms with van der Waals surface area (Å²) in [5.41, 5.74) is 1.74. The van der Waals surface area contributed by atoms with Crippen LogP contribution in [0.3, 0.4) is 0 Å². The third kappa shape index (κ3) is 4.62. The van der Waals surface area contributed by atoms with Crippen molar-refractivity contribution in [1.29, 1.82) is 0 Å². The van der Waals surface area contributed by atoms with Gasteiger partial charge in [0, 0.05) is 31.7 Å². The molecule has 0 radical (unpaired) electrons. The number of para-hydroxylation sites is 4. The summed E-state index contributed by atoms with van der Waals surface area (Å²) >= 11 is 0. The molecule has 3 aromatic carbocycles. The molecule has 2 heterocycles. The highest BCUT2D eigenvalue weighted by Gasteiger charge is 2.33. The van der Waals surface area contributed by atoms with E-state index in [9.17, 15) is 14.0 Å². The number of nitrogens with zero attached hydrogens (tertiary/aromatic N) is 3. The summed E-state index contributed by atoms with van der Waals surface area (Å²) in [7, 11) is 1.64. The lowest BCUT2D eigenvalue weighted by Gasteiger charge is -2.38. The number of ether oxygens (including phenoxy) is 2. The average Bonchev–Trinajstić information content (AvgIpc) is 2.92. The first kappa shape index (κ1) is 23.4. The number of hydrogen-bond donors (Lipinski definition) is 0. The van der Waals surface area contributed by atoms with Gasteiger partial charge in [-0.15, -0.1) is 0 Å². The third-order valence-electron chi connectivity index (χ3n) is 6.38. The van der Waals surface area contributed by atoms with E-state index in [1.165, 1.54) is 17.0 Å². The number of carbonyl (C=O) groups excluding carboxylic acids is 2. The Labute approximate surface area is 208 Å². The van der Waals surface area contributed by atoms with Crippen LogP contribution in [0.5, 0.6) is 11.5 Å². The van der Waals surface area contributed by atoms with Gasteiger partial charge in [-0.05, 0) is 36.4 Å². The number of methoxy groups -OCH3 is 1. The number of carbonyl (C=O) groups is 2. The van der Waals surface area contributed by atoms with Crippen molar-refractivity contribution in [1.82, 2.24) is 4.90 Å². The first-order valence-corrected chi connectivity index (χ1v) is 11.8. The molecule has 0 N–H and O–H groups in total. The van der Waals surface area contributed by atoms with Crippen molar-refractivity contribution in [2.75, 3.05) is 49.6 Å². The van der Waals surface area contributed by atoms with Crippen LogP contribution in [-0.4, -0.2) is 56.5 Å². The molecule has 2 aliphatic rings. The smallest absolute Gasteiger partial charge is 0.294 e. The van der Waals surface area contributed by atoms with Crippen molar-refractivity contribution in [2.45, 2.75) is 0 Å². The normalized spacial score (nSPS) is 16.6. The molecular formula is C28H26FN3O4. The standard InChI is InChI=1S/C28H26FN3O4/c1-35-24-12-6-4-10-22(24)30-14-16-31(17-15-30)27(33)19-32-23-11-5-7-13-25(23)36-26(28(32)34)18-20-8-2-3-9-21(20)29/h2-13,18H,14-17,19H2,1H3/b26-18+. The molecular weight excluding hydrogens is 461 g/mol. The quantitative estimate of drug-likeness (QED) is 0.510. The van der Waals surface area contributed by atoms with E-state index in [2.05, 4.69) is 4.90 Å². The van der Waals surface area contributed by atoms with Crippen molar-refractivity contribution in [3.8, 4) is 11.5 Å². The molecule has 0 bridgehead atoms. The molecule has 1 saturated heterocycles. The lowest BCUT2D eigenvalue weighted by molar-refractivity contribution is -0.131. The summed E-state index contributed by atoms with van der Waals surface area (Å²) in [6.45, 7) is 2.21. The van der Waals surface area contributed by atoms with E-state index in [1.807, 2.05) is 24.3 Å². The van der Waals surface area contributed by atoms with Gasteiger partial charge >= 0.3 is 0 Å². The molecule has 3 aromatic rings. The maximum atomic E-state index is 14.2. The zero-order valence-electron chi connectivity index (χ0n) is 19.9. The molecule has 8 heteroatoms. The van der Waals surface area contributed by atoms with Crippen LogP contribution >= 0.6 is 0 Å². The fourth-order valence-corrected chi connectivity index (χ4v) is 4.48. The summed E-state index contributed by atoms with van der Waals surface area (Å²) in [4.78, 5) is 32.0. The molecule has 0 aromatic heterocycles. The van der Waals surface area contributed by atoms with E-state index < -0.39 is 11.7 Å². The van der Waals surface area contributed by atoms with Gasteiger partial charge in [-0.3, -0.25) is 14.5 Å². The predicted molar refractivity (Wildman–Crippen MR) is 136 cm³/mol. The largest absolute Gasteiger partial charge is 0.495 e. The van der Waals surface area contributed by atoms with Crippen molar-refractivity contribution < 1.29 is 23.5 Å². The molecule has 2 aliphatic heterocycles. The number of amides is 2.